The Hall–Kier alpha value is -3.15. The summed E-state index contributed by atoms with van der Waals surface area (Å²) in [4.78, 5) is 37.5. The van der Waals surface area contributed by atoms with Gasteiger partial charge < -0.3 is 15.5 Å². The molecule has 3 rings (SSSR count). The zero-order valence-electron chi connectivity index (χ0n) is 14.8. The third-order valence-corrected chi connectivity index (χ3v) is 4.28. The number of carbonyl (C=O) groups is 3. The molecule has 0 aromatic heterocycles. The molecular formula is C20H21N3O3. The maximum atomic E-state index is 12.5. The van der Waals surface area contributed by atoms with Crippen LogP contribution >= 0.6 is 0 Å². The summed E-state index contributed by atoms with van der Waals surface area (Å²) in [5.74, 6) is -0.766. The van der Waals surface area contributed by atoms with Crippen molar-refractivity contribution in [2.24, 2.45) is 5.92 Å². The number of carbonyl (C=O) groups excluding carboxylic acids is 3. The van der Waals surface area contributed by atoms with Crippen LogP contribution in [0.3, 0.4) is 0 Å². The van der Waals surface area contributed by atoms with E-state index in [-0.39, 0.29) is 24.1 Å². The van der Waals surface area contributed by atoms with E-state index in [9.17, 15) is 14.4 Å². The standard InChI is InChI=1S/C20H21N3O3/c1-13-4-3-5-18(10-13)23-12-15(11-19(23)25)20(26)22-17-8-6-16(7-9-17)21-14(2)24/h3-10,15H,11-12H2,1-2H3,(H,21,24)(H,22,26)/t15-/m0/s1. The van der Waals surface area contributed by atoms with Crippen molar-refractivity contribution in [2.45, 2.75) is 20.3 Å². The molecule has 26 heavy (non-hydrogen) atoms. The Kier molecular flexibility index (Phi) is 5.02. The van der Waals surface area contributed by atoms with E-state index in [1.54, 1.807) is 29.2 Å². The molecule has 1 aliphatic rings. The summed E-state index contributed by atoms with van der Waals surface area (Å²) in [5, 5.41) is 5.51. The molecule has 6 heteroatoms. The second kappa shape index (κ2) is 7.39. The van der Waals surface area contributed by atoms with Crippen molar-refractivity contribution in [3.05, 3.63) is 54.1 Å². The van der Waals surface area contributed by atoms with Crippen molar-refractivity contribution in [1.82, 2.24) is 0 Å². The van der Waals surface area contributed by atoms with Gasteiger partial charge in [-0.25, -0.2) is 0 Å². The molecule has 0 spiro atoms. The minimum atomic E-state index is -0.391. The van der Waals surface area contributed by atoms with Crippen LogP contribution in [0.25, 0.3) is 0 Å². The van der Waals surface area contributed by atoms with Gasteiger partial charge in [0.2, 0.25) is 17.7 Å². The van der Waals surface area contributed by atoms with E-state index in [0.29, 0.717) is 17.9 Å². The van der Waals surface area contributed by atoms with Crippen LogP contribution < -0.4 is 15.5 Å². The Balaban J connectivity index is 1.64. The molecule has 2 N–H and O–H groups in total. The summed E-state index contributed by atoms with van der Waals surface area (Å²) in [6.45, 7) is 3.78. The maximum absolute atomic E-state index is 12.5. The van der Waals surface area contributed by atoms with Gasteiger partial charge in [0.1, 0.15) is 0 Å². The average molecular weight is 351 g/mol. The number of hydrogen-bond donors (Lipinski definition) is 2. The van der Waals surface area contributed by atoms with Crippen LogP contribution in [0, 0.1) is 12.8 Å². The highest BCUT2D eigenvalue weighted by Gasteiger charge is 2.35. The van der Waals surface area contributed by atoms with Crippen molar-refractivity contribution in [3.63, 3.8) is 0 Å². The van der Waals surface area contributed by atoms with Gasteiger partial charge in [0.15, 0.2) is 0 Å². The molecule has 1 heterocycles. The first-order valence-electron chi connectivity index (χ1n) is 8.48. The van der Waals surface area contributed by atoms with Gasteiger partial charge in [0.05, 0.1) is 5.92 Å². The topological polar surface area (TPSA) is 78.5 Å². The molecule has 0 saturated carbocycles. The number of aryl methyl sites for hydroxylation is 1. The lowest BCUT2D eigenvalue weighted by molar-refractivity contribution is -0.122. The van der Waals surface area contributed by atoms with Gasteiger partial charge in [-0.1, -0.05) is 12.1 Å². The highest BCUT2D eigenvalue weighted by atomic mass is 16.2. The molecule has 2 aromatic carbocycles. The van der Waals surface area contributed by atoms with E-state index in [1.807, 2.05) is 31.2 Å². The largest absolute Gasteiger partial charge is 0.326 e. The first-order chi connectivity index (χ1) is 12.4. The molecule has 6 nitrogen and oxygen atoms in total. The predicted molar refractivity (Wildman–Crippen MR) is 101 cm³/mol. The van der Waals surface area contributed by atoms with E-state index in [0.717, 1.165) is 11.3 Å². The Morgan fingerprint density at radius 2 is 1.69 bits per heavy atom. The lowest BCUT2D eigenvalue weighted by atomic mass is 10.1. The minimum Gasteiger partial charge on any atom is -0.326 e. The van der Waals surface area contributed by atoms with Crippen molar-refractivity contribution in [3.8, 4) is 0 Å². The van der Waals surface area contributed by atoms with Gasteiger partial charge in [-0.3, -0.25) is 14.4 Å². The zero-order valence-corrected chi connectivity index (χ0v) is 14.8. The van der Waals surface area contributed by atoms with Gasteiger partial charge in [0.25, 0.3) is 0 Å². The molecule has 0 unspecified atom stereocenters. The number of benzene rings is 2. The molecule has 134 valence electrons. The Morgan fingerprint density at radius 3 is 2.31 bits per heavy atom. The number of hydrogen-bond acceptors (Lipinski definition) is 3. The summed E-state index contributed by atoms with van der Waals surface area (Å²) < 4.78 is 0. The van der Waals surface area contributed by atoms with Gasteiger partial charge >= 0.3 is 0 Å². The molecule has 1 aliphatic heterocycles. The van der Waals surface area contributed by atoms with E-state index >= 15 is 0 Å². The van der Waals surface area contributed by atoms with Gasteiger partial charge in [-0.2, -0.15) is 0 Å². The molecule has 2 aromatic rings. The van der Waals surface area contributed by atoms with E-state index in [4.69, 9.17) is 0 Å². The van der Waals surface area contributed by atoms with Crippen molar-refractivity contribution < 1.29 is 14.4 Å². The third kappa shape index (κ3) is 4.08. The molecule has 0 aliphatic carbocycles. The molecule has 1 fully saturated rings. The van der Waals surface area contributed by atoms with Crippen LogP contribution in [0.15, 0.2) is 48.5 Å². The fourth-order valence-corrected chi connectivity index (χ4v) is 3.01. The van der Waals surface area contributed by atoms with E-state index < -0.39 is 5.92 Å². The molecule has 0 radical (unpaired) electrons. The normalized spacial score (nSPS) is 16.5. The molecule has 0 bridgehead atoms. The van der Waals surface area contributed by atoms with Crippen LogP contribution in [0.4, 0.5) is 17.1 Å². The predicted octanol–water partition coefficient (Wildman–Crippen LogP) is 2.95. The fourth-order valence-electron chi connectivity index (χ4n) is 3.01. The smallest absolute Gasteiger partial charge is 0.229 e. The summed E-state index contributed by atoms with van der Waals surface area (Å²) in [6.07, 6.45) is 0.198. The first-order valence-corrected chi connectivity index (χ1v) is 8.48. The number of nitrogens with zero attached hydrogens (tertiary/aromatic N) is 1. The van der Waals surface area contributed by atoms with Crippen LogP contribution in [-0.2, 0) is 14.4 Å². The van der Waals surface area contributed by atoms with Crippen LogP contribution in [-0.4, -0.2) is 24.3 Å². The SMILES string of the molecule is CC(=O)Nc1ccc(NC(=O)[C@H]2CC(=O)N(c3cccc(C)c3)C2)cc1. The van der Waals surface area contributed by atoms with Crippen molar-refractivity contribution >= 4 is 34.8 Å². The lowest BCUT2D eigenvalue weighted by Crippen LogP contribution is -2.28. The second-order valence-electron chi connectivity index (χ2n) is 6.49. The number of anilines is 3. The molecule has 3 amide bonds. The number of amides is 3. The number of rotatable bonds is 4. The van der Waals surface area contributed by atoms with Crippen LogP contribution in [0.1, 0.15) is 18.9 Å². The fraction of sp³-hybridized carbons (Fsp3) is 0.250. The lowest BCUT2D eigenvalue weighted by Gasteiger charge is -2.17. The van der Waals surface area contributed by atoms with Crippen LogP contribution in [0.2, 0.25) is 0 Å². The molecular weight excluding hydrogens is 330 g/mol. The average Bonchev–Trinajstić information content (AvgIpc) is 2.98. The van der Waals surface area contributed by atoms with Gasteiger partial charge in [-0.15, -0.1) is 0 Å². The minimum absolute atomic E-state index is 0.0447. The number of nitrogens with one attached hydrogen (secondary N) is 2. The highest BCUT2D eigenvalue weighted by molar-refractivity contribution is 6.03. The summed E-state index contributed by atoms with van der Waals surface area (Å²) in [6, 6.07) is 14.6. The molecule has 1 saturated heterocycles. The zero-order chi connectivity index (χ0) is 18.7. The Labute approximate surface area is 152 Å². The summed E-state index contributed by atoms with van der Waals surface area (Å²) in [5.41, 5.74) is 3.19. The Bertz CT molecular complexity index is 846. The molecule has 1 atom stereocenters. The van der Waals surface area contributed by atoms with Crippen LogP contribution in [0.5, 0.6) is 0 Å². The first kappa shape index (κ1) is 17.7. The van der Waals surface area contributed by atoms with Crippen molar-refractivity contribution in [1.29, 1.82) is 0 Å². The third-order valence-electron chi connectivity index (χ3n) is 4.28. The second-order valence-corrected chi connectivity index (χ2v) is 6.49. The van der Waals surface area contributed by atoms with Gasteiger partial charge in [-0.05, 0) is 48.9 Å². The van der Waals surface area contributed by atoms with E-state index in [2.05, 4.69) is 10.6 Å². The summed E-state index contributed by atoms with van der Waals surface area (Å²) >= 11 is 0. The monoisotopic (exact) mass is 351 g/mol. The maximum Gasteiger partial charge on any atom is 0.229 e. The highest BCUT2D eigenvalue weighted by Crippen LogP contribution is 2.26. The quantitative estimate of drug-likeness (QED) is 0.889. The Morgan fingerprint density at radius 1 is 1.04 bits per heavy atom. The van der Waals surface area contributed by atoms with Gasteiger partial charge in [0, 0.05) is 37.0 Å². The van der Waals surface area contributed by atoms with Crippen molar-refractivity contribution in [2.75, 3.05) is 22.1 Å². The summed E-state index contributed by atoms with van der Waals surface area (Å²) in [7, 11) is 0. The van der Waals surface area contributed by atoms with E-state index in [1.165, 1.54) is 6.92 Å².